The summed E-state index contributed by atoms with van der Waals surface area (Å²) in [6.07, 6.45) is 6.46. The zero-order chi connectivity index (χ0) is 19.5. The van der Waals surface area contributed by atoms with Gasteiger partial charge in [0.15, 0.2) is 0 Å². The Labute approximate surface area is 163 Å². The van der Waals surface area contributed by atoms with Gasteiger partial charge >= 0.3 is 0 Å². The number of anilines is 1. The molecule has 4 aromatic rings. The second-order valence-electron chi connectivity index (χ2n) is 7.31. The molecule has 1 aromatic carbocycles. The molecule has 0 aliphatic carbocycles. The van der Waals surface area contributed by atoms with Crippen LogP contribution in [0.25, 0.3) is 33.4 Å². The molecule has 3 heterocycles. The Hall–Kier alpha value is -3.21. The van der Waals surface area contributed by atoms with E-state index in [2.05, 4.69) is 34.1 Å². The second kappa shape index (κ2) is 7.80. The molecule has 0 fully saturated rings. The minimum atomic E-state index is -0.250. The second-order valence-corrected chi connectivity index (χ2v) is 7.31. The predicted octanol–water partition coefficient (Wildman–Crippen LogP) is 5.89. The van der Waals surface area contributed by atoms with Gasteiger partial charge in [0.1, 0.15) is 11.5 Å². The molecule has 0 saturated heterocycles. The quantitative estimate of drug-likeness (QED) is 0.442. The maximum absolute atomic E-state index is 13.5. The Bertz CT molecular complexity index is 1070. The van der Waals surface area contributed by atoms with Gasteiger partial charge in [0.2, 0.25) is 0 Å². The number of pyridine rings is 2. The molecule has 0 radical (unpaired) electrons. The van der Waals surface area contributed by atoms with Crippen LogP contribution >= 0.6 is 0 Å². The van der Waals surface area contributed by atoms with E-state index in [0.717, 1.165) is 52.1 Å². The minimum Gasteiger partial charge on any atom is -0.384 e. The molecule has 0 atom stereocenters. The highest BCUT2D eigenvalue weighted by Gasteiger charge is 2.18. The molecule has 28 heavy (non-hydrogen) atoms. The van der Waals surface area contributed by atoms with Crippen LogP contribution < -0.4 is 5.32 Å². The summed E-state index contributed by atoms with van der Waals surface area (Å²) in [7, 11) is 0. The van der Waals surface area contributed by atoms with Gasteiger partial charge in [-0.1, -0.05) is 13.8 Å². The summed E-state index contributed by atoms with van der Waals surface area (Å²) < 4.78 is 13.5. The number of H-pyrrole nitrogens is 1. The van der Waals surface area contributed by atoms with E-state index in [1.165, 1.54) is 12.1 Å². The Morgan fingerprint density at radius 2 is 1.71 bits per heavy atom. The third kappa shape index (κ3) is 3.60. The first-order valence-corrected chi connectivity index (χ1v) is 9.54. The Kier molecular flexibility index (Phi) is 5.06. The van der Waals surface area contributed by atoms with Gasteiger partial charge in [0.25, 0.3) is 0 Å². The van der Waals surface area contributed by atoms with E-state index >= 15 is 0 Å². The summed E-state index contributed by atoms with van der Waals surface area (Å²) in [5.74, 6) is 0.380. The lowest BCUT2D eigenvalue weighted by Crippen LogP contribution is -2.05. The van der Waals surface area contributed by atoms with E-state index in [-0.39, 0.29) is 5.82 Å². The standard InChI is InChI=1S/C23H23FN4/c1-15(2)7-13-26-19-10-14-27-23-21(19)20(16-8-11-25-12-9-16)22(28-23)17-3-5-18(24)6-4-17/h3-6,8-12,14-15H,7,13H2,1-2H3,(H2,26,27,28). The van der Waals surface area contributed by atoms with Crippen molar-refractivity contribution in [2.24, 2.45) is 5.92 Å². The number of rotatable bonds is 6. The van der Waals surface area contributed by atoms with E-state index in [1.54, 1.807) is 30.7 Å². The van der Waals surface area contributed by atoms with Crippen LogP contribution in [0.2, 0.25) is 0 Å². The van der Waals surface area contributed by atoms with Crippen LogP contribution in [-0.2, 0) is 0 Å². The molecular formula is C23H23FN4. The van der Waals surface area contributed by atoms with Crippen LogP contribution in [0.5, 0.6) is 0 Å². The van der Waals surface area contributed by atoms with Crippen molar-refractivity contribution in [1.82, 2.24) is 15.0 Å². The molecule has 0 aliphatic rings. The molecule has 142 valence electrons. The number of halogens is 1. The van der Waals surface area contributed by atoms with Crippen LogP contribution in [0.15, 0.2) is 61.1 Å². The molecule has 0 spiro atoms. The normalized spacial score (nSPS) is 11.3. The van der Waals surface area contributed by atoms with Crippen molar-refractivity contribution >= 4 is 16.7 Å². The summed E-state index contributed by atoms with van der Waals surface area (Å²) in [6.45, 7) is 5.33. The highest BCUT2D eigenvalue weighted by atomic mass is 19.1. The molecule has 5 heteroatoms. The first-order chi connectivity index (χ1) is 13.6. The molecule has 3 aromatic heterocycles. The third-order valence-corrected chi connectivity index (χ3v) is 4.83. The topological polar surface area (TPSA) is 53.6 Å². The summed E-state index contributed by atoms with van der Waals surface area (Å²) in [5, 5.41) is 4.61. The first kappa shape index (κ1) is 18.2. The van der Waals surface area contributed by atoms with Crippen molar-refractivity contribution in [3.63, 3.8) is 0 Å². The fourth-order valence-electron chi connectivity index (χ4n) is 3.40. The summed E-state index contributed by atoms with van der Waals surface area (Å²) in [6, 6.07) is 12.5. The van der Waals surface area contributed by atoms with Crippen LogP contribution in [0, 0.1) is 11.7 Å². The largest absolute Gasteiger partial charge is 0.384 e. The lowest BCUT2D eigenvalue weighted by molar-refractivity contribution is 0.607. The molecular weight excluding hydrogens is 351 g/mol. The number of aromatic nitrogens is 3. The average Bonchev–Trinajstić information content (AvgIpc) is 3.09. The van der Waals surface area contributed by atoms with Crippen LogP contribution in [0.1, 0.15) is 20.3 Å². The molecule has 0 amide bonds. The molecule has 0 aliphatic heterocycles. The van der Waals surface area contributed by atoms with Gasteiger partial charge in [-0.3, -0.25) is 4.98 Å². The Morgan fingerprint density at radius 3 is 2.43 bits per heavy atom. The molecule has 2 N–H and O–H groups in total. The molecule has 4 rings (SSSR count). The van der Waals surface area contributed by atoms with E-state index in [0.29, 0.717) is 5.92 Å². The molecule has 0 unspecified atom stereocenters. The lowest BCUT2D eigenvalue weighted by Gasteiger charge is -2.11. The van der Waals surface area contributed by atoms with Crippen LogP contribution in [0.4, 0.5) is 10.1 Å². The number of nitrogens with one attached hydrogen (secondary N) is 2. The summed E-state index contributed by atoms with van der Waals surface area (Å²) >= 11 is 0. The fraction of sp³-hybridized carbons (Fsp3) is 0.217. The smallest absolute Gasteiger partial charge is 0.140 e. The molecule has 0 saturated carbocycles. The maximum atomic E-state index is 13.5. The van der Waals surface area contributed by atoms with Crippen molar-refractivity contribution in [2.45, 2.75) is 20.3 Å². The Balaban J connectivity index is 1.91. The summed E-state index contributed by atoms with van der Waals surface area (Å²) in [5.41, 5.74) is 5.78. The van der Waals surface area contributed by atoms with Crippen molar-refractivity contribution in [1.29, 1.82) is 0 Å². The minimum absolute atomic E-state index is 0.250. The fourth-order valence-corrected chi connectivity index (χ4v) is 3.40. The van der Waals surface area contributed by atoms with Gasteiger partial charge in [-0.15, -0.1) is 0 Å². The predicted molar refractivity (Wildman–Crippen MR) is 113 cm³/mol. The van der Waals surface area contributed by atoms with Crippen LogP contribution in [0.3, 0.4) is 0 Å². The monoisotopic (exact) mass is 374 g/mol. The van der Waals surface area contributed by atoms with E-state index in [4.69, 9.17) is 0 Å². The SMILES string of the molecule is CC(C)CCNc1ccnc2[nH]c(-c3ccc(F)cc3)c(-c3ccncc3)c12. The van der Waals surface area contributed by atoms with Crippen molar-refractivity contribution in [3.05, 3.63) is 66.9 Å². The number of fused-ring (bicyclic) bond motifs is 1. The maximum Gasteiger partial charge on any atom is 0.140 e. The molecule has 4 nitrogen and oxygen atoms in total. The lowest BCUT2D eigenvalue weighted by atomic mass is 9.99. The van der Waals surface area contributed by atoms with Gasteiger partial charge < -0.3 is 10.3 Å². The molecule has 0 bridgehead atoms. The zero-order valence-corrected chi connectivity index (χ0v) is 16.0. The third-order valence-electron chi connectivity index (χ3n) is 4.83. The number of nitrogens with zero attached hydrogens (tertiary/aromatic N) is 2. The van der Waals surface area contributed by atoms with Crippen molar-refractivity contribution in [2.75, 3.05) is 11.9 Å². The van der Waals surface area contributed by atoms with Gasteiger partial charge in [0.05, 0.1) is 11.1 Å². The van der Waals surface area contributed by atoms with Crippen LogP contribution in [-0.4, -0.2) is 21.5 Å². The van der Waals surface area contributed by atoms with E-state index < -0.39 is 0 Å². The highest BCUT2D eigenvalue weighted by molar-refractivity contribution is 6.08. The summed E-state index contributed by atoms with van der Waals surface area (Å²) in [4.78, 5) is 12.1. The number of aromatic amines is 1. The first-order valence-electron chi connectivity index (χ1n) is 9.54. The van der Waals surface area contributed by atoms with Gasteiger partial charge in [-0.25, -0.2) is 9.37 Å². The number of benzene rings is 1. The van der Waals surface area contributed by atoms with Gasteiger partial charge in [0, 0.05) is 36.4 Å². The van der Waals surface area contributed by atoms with Gasteiger partial charge in [-0.05, 0) is 65.9 Å². The van der Waals surface area contributed by atoms with E-state index in [9.17, 15) is 4.39 Å². The van der Waals surface area contributed by atoms with Crippen molar-refractivity contribution < 1.29 is 4.39 Å². The van der Waals surface area contributed by atoms with Gasteiger partial charge in [-0.2, -0.15) is 0 Å². The number of hydrogen-bond acceptors (Lipinski definition) is 3. The van der Waals surface area contributed by atoms with E-state index in [1.807, 2.05) is 18.2 Å². The average molecular weight is 374 g/mol. The highest BCUT2D eigenvalue weighted by Crippen LogP contribution is 2.40. The Morgan fingerprint density at radius 1 is 0.964 bits per heavy atom. The van der Waals surface area contributed by atoms with Crippen molar-refractivity contribution in [3.8, 4) is 22.4 Å². The number of hydrogen-bond donors (Lipinski definition) is 2. The zero-order valence-electron chi connectivity index (χ0n) is 16.0.